The first-order valence-corrected chi connectivity index (χ1v) is 5.44. The fourth-order valence-corrected chi connectivity index (χ4v) is 1.84. The van der Waals surface area contributed by atoms with E-state index >= 15 is 0 Å². The van der Waals surface area contributed by atoms with Crippen LogP contribution < -0.4 is 5.11 Å². The topological polar surface area (TPSA) is 69.7 Å². The second-order valence-electron chi connectivity index (χ2n) is 5.15. The Labute approximate surface area is 95.4 Å². The third kappa shape index (κ3) is 2.87. The Kier molecular flexibility index (Phi) is 3.45. The Bertz CT molecular complexity index is 295. The first-order chi connectivity index (χ1) is 7.22. The highest BCUT2D eigenvalue weighted by atomic mass is 16.6. The highest BCUT2D eigenvalue weighted by molar-refractivity contribution is 5.79. The van der Waals surface area contributed by atoms with Crippen molar-refractivity contribution in [3.8, 4) is 0 Å². The second-order valence-corrected chi connectivity index (χ2v) is 5.15. The Balaban J connectivity index is 2.76. The zero-order valence-corrected chi connectivity index (χ0v) is 10.1. The van der Waals surface area contributed by atoms with Gasteiger partial charge in [-0.25, -0.2) is 4.79 Å². The second kappa shape index (κ2) is 4.31. The molecule has 1 aliphatic heterocycles. The fourth-order valence-electron chi connectivity index (χ4n) is 1.84. The molecule has 92 valence electrons. The molecule has 1 fully saturated rings. The third-order valence-electron chi connectivity index (χ3n) is 2.54. The Hall–Kier alpha value is -1.26. The van der Waals surface area contributed by atoms with Crippen molar-refractivity contribution in [1.29, 1.82) is 0 Å². The minimum absolute atomic E-state index is 0.113. The van der Waals surface area contributed by atoms with Crippen LogP contribution >= 0.6 is 0 Å². The first kappa shape index (κ1) is 12.8. The number of ether oxygens (including phenoxy) is 1. The van der Waals surface area contributed by atoms with Gasteiger partial charge in [0.2, 0.25) is 0 Å². The van der Waals surface area contributed by atoms with E-state index in [1.54, 1.807) is 20.8 Å². The monoisotopic (exact) mass is 228 g/mol. The number of carboxylic acids is 1. The van der Waals surface area contributed by atoms with E-state index in [9.17, 15) is 14.7 Å². The van der Waals surface area contributed by atoms with E-state index in [1.807, 2.05) is 6.92 Å². The van der Waals surface area contributed by atoms with Gasteiger partial charge in [-0.05, 0) is 40.5 Å². The quantitative estimate of drug-likeness (QED) is 0.656. The Morgan fingerprint density at radius 1 is 1.31 bits per heavy atom. The van der Waals surface area contributed by atoms with Crippen molar-refractivity contribution in [2.75, 3.05) is 0 Å². The molecule has 1 saturated heterocycles. The van der Waals surface area contributed by atoms with E-state index in [0.717, 1.165) is 0 Å². The maximum atomic E-state index is 11.8. The zero-order chi connectivity index (χ0) is 12.5. The van der Waals surface area contributed by atoms with Crippen LogP contribution in [0.2, 0.25) is 0 Å². The average molecular weight is 228 g/mol. The Morgan fingerprint density at radius 2 is 1.88 bits per heavy atom. The van der Waals surface area contributed by atoms with Crippen molar-refractivity contribution in [2.45, 2.75) is 58.2 Å². The van der Waals surface area contributed by atoms with Gasteiger partial charge in [0.05, 0.1) is 12.0 Å². The van der Waals surface area contributed by atoms with Crippen molar-refractivity contribution < 1.29 is 19.4 Å². The summed E-state index contributed by atoms with van der Waals surface area (Å²) in [4.78, 5) is 23.9. The standard InChI is InChI=1S/C11H19NO4/c1-7-5-6-8(9(13)14)12(7)10(15)16-11(2,3)4/h7-8H,5-6H2,1-4H3,(H,13,14)/p-1/t7-,8-/m1/s1. The average Bonchev–Trinajstić information content (AvgIpc) is 2.43. The van der Waals surface area contributed by atoms with Crippen LogP contribution in [0.5, 0.6) is 0 Å². The summed E-state index contributed by atoms with van der Waals surface area (Å²) in [7, 11) is 0. The predicted molar refractivity (Wildman–Crippen MR) is 55.6 cm³/mol. The molecule has 0 saturated carbocycles. The number of carboxylic acid groups (broad SMARTS) is 1. The molecule has 0 aromatic rings. The first-order valence-electron chi connectivity index (χ1n) is 5.44. The molecule has 1 aliphatic rings. The van der Waals surface area contributed by atoms with Crippen LogP contribution in [0.4, 0.5) is 4.79 Å². The molecule has 16 heavy (non-hydrogen) atoms. The van der Waals surface area contributed by atoms with Gasteiger partial charge in [0.1, 0.15) is 5.60 Å². The maximum absolute atomic E-state index is 11.8. The number of rotatable bonds is 1. The largest absolute Gasteiger partial charge is 0.548 e. The van der Waals surface area contributed by atoms with Crippen LogP contribution in [0.3, 0.4) is 0 Å². The number of hydrogen-bond donors (Lipinski definition) is 0. The van der Waals surface area contributed by atoms with Crippen molar-refractivity contribution in [1.82, 2.24) is 4.90 Å². The molecule has 0 aromatic carbocycles. The van der Waals surface area contributed by atoms with Crippen LogP contribution in [-0.2, 0) is 9.53 Å². The molecule has 0 unspecified atom stereocenters. The summed E-state index contributed by atoms with van der Waals surface area (Å²) in [5.74, 6) is -1.21. The number of carbonyl (C=O) groups is 2. The van der Waals surface area contributed by atoms with Crippen molar-refractivity contribution in [3.63, 3.8) is 0 Å². The molecule has 2 atom stereocenters. The molecule has 0 bridgehead atoms. The molecule has 0 aromatic heterocycles. The number of carbonyl (C=O) groups excluding carboxylic acids is 2. The molecular formula is C11H18NO4-. The summed E-state index contributed by atoms with van der Waals surface area (Å²) in [6.07, 6.45) is 0.521. The molecule has 0 aliphatic carbocycles. The van der Waals surface area contributed by atoms with Gasteiger partial charge in [0.15, 0.2) is 0 Å². The molecular weight excluding hydrogens is 210 g/mol. The minimum Gasteiger partial charge on any atom is -0.548 e. The predicted octanol–water partition coefficient (Wildman–Crippen LogP) is 0.524. The van der Waals surface area contributed by atoms with Gasteiger partial charge in [0, 0.05) is 6.04 Å². The van der Waals surface area contributed by atoms with Gasteiger partial charge in [-0.15, -0.1) is 0 Å². The van der Waals surface area contributed by atoms with Gasteiger partial charge < -0.3 is 14.6 Å². The molecule has 0 spiro atoms. The lowest BCUT2D eigenvalue weighted by molar-refractivity contribution is -0.310. The van der Waals surface area contributed by atoms with Crippen molar-refractivity contribution in [2.24, 2.45) is 0 Å². The maximum Gasteiger partial charge on any atom is 0.411 e. The van der Waals surface area contributed by atoms with Crippen molar-refractivity contribution in [3.05, 3.63) is 0 Å². The van der Waals surface area contributed by atoms with Crippen LogP contribution in [-0.4, -0.2) is 34.6 Å². The lowest BCUT2D eigenvalue weighted by Crippen LogP contribution is -2.50. The molecule has 0 radical (unpaired) electrons. The lowest BCUT2D eigenvalue weighted by Gasteiger charge is -2.31. The number of amides is 1. The zero-order valence-electron chi connectivity index (χ0n) is 10.1. The normalized spacial score (nSPS) is 25.6. The smallest absolute Gasteiger partial charge is 0.411 e. The van der Waals surface area contributed by atoms with Gasteiger partial charge in [-0.3, -0.25) is 4.90 Å². The Morgan fingerprint density at radius 3 is 2.31 bits per heavy atom. The minimum atomic E-state index is -1.21. The van der Waals surface area contributed by atoms with E-state index in [2.05, 4.69) is 0 Å². The molecule has 1 heterocycles. The molecule has 5 nitrogen and oxygen atoms in total. The number of likely N-dealkylation sites (tertiary alicyclic amines) is 1. The molecule has 5 heteroatoms. The van der Waals surface area contributed by atoms with Crippen LogP contribution in [0.15, 0.2) is 0 Å². The summed E-state index contributed by atoms with van der Waals surface area (Å²) in [5.41, 5.74) is -0.615. The summed E-state index contributed by atoms with van der Waals surface area (Å²) in [5, 5.41) is 10.9. The van der Waals surface area contributed by atoms with E-state index in [1.165, 1.54) is 4.90 Å². The van der Waals surface area contributed by atoms with Gasteiger partial charge in [-0.1, -0.05) is 0 Å². The lowest BCUT2D eigenvalue weighted by atomic mass is 10.2. The van der Waals surface area contributed by atoms with Gasteiger partial charge in [-0.2, -0.15) is 0 Å². The summed E-state index contributed by atoms with van der Waals surface area (Å²) >= 11 is 0. The number of aliphatic carboxylic acids is 1. The fraction of sp³-hybridized carbons (Fsp3) is 0.818. The van der Waals surface area contributed by atoms with E-state index < -0.39 is 23.7 Å². The molecule has 0 N–H and O–H groups in total. The SMILES string of the molecule is C[C@@H]1CC[C@H](C(=O)[O-])N1C(=O)OC(C)(C)C. The van der Waals surface area contributed by atoms with Crippen LogP contribution in [0.25, 0.3) is 0 Å². The van der Waals surface area contributed by atoms with E-state index in [0.29, 0.717) is 12.8 Å². The summed E-state index contributed by atoms with van der Waals surface area (Å²) < 4.78 is 5.17. The van der Waals surface area contributed by atoms with E-state index in [4.69, 9.17) is 4.74 Å². The highest BCUT2D eigenvalue weighted by Gasteiger charge is 2.37. The van der Waals surface area contributed by atoms with Crippen molar-refractivity contribution >= 4 is 12.1 Å². The van der Waals surface area contributed by atoms with E-state index in [-0.39, 0.29) is 6.04 Å². The number of hydrogen-bond acceptors (Lipinski definition) is 4. The molecule has 1 rings (SSSR count). The molecule has 1 amide bonds. The van der Waals surface area contributed by atoms with Crippen LogP contribution in [0.1, 0.15) is 40.5 Å². The van der Waals surface area contributed by atoms with Gasteiger partial charge >= 0.3 is 6.09 Å². The van der Waals surface area contributed by atoms with Crippen LogP contribution in [0, 0.1) is 0 Å². The summed E-state index contributed by atoms with van der Waals surface area (Å²) in [6.45, 7) is 7.06. The third-order valence-corrected chi connectivity index (χ3v) is 2.54. The highest BCUT2D eigenvalue weighted by Crippen LogP contribution is 2.25. The summed E-state index contributed by atoms with van der Waals surface area (Å²) in [6, 6.07) is -0.970. The number of nitrogens with zero attached hydrogens (tertiary/aromatic N) is 1. The van der Waals surface area contributed by atoms with Gasteiger partial charge in [0.25, 0.3) is 0 Å².